The molecule has 5 nitrogen and oxygen atoms in total. The molecule has 0 spiro atoms. The van der Waals surface area contributed by atoms with Gasteiger partial charge in [-0.05, 0) is 40.9 Å². The number of nitrogens with one attached hydrogen (secondary N) is 1. The van der Waals surface area contributed by atoms with E-state index in [4.69, 9.17) is 0 Å². The summed E-state index contributed by atoms with van der Waals surface area (Å²) in [4.78, 5) is 23.5. The van der Waals surface area contributed by atoms with E-state index in [2.05, 4.69) is 37.0 Å². The maximum Gasteiger partial charge on any atom is 0.271 e. The molecule has 1 aliphatic rings. The van der Waals surface area contributed by atoms with Gasteiger partial charge in [-0.3, -0.25) is 14.7 Å². The number of nitrogens with zero attached hydrogens (tertiary/aromatic N) is 3. The molecule has 0 bridgehead atoms. The van der Waals surface area contributed by atoms with Crippen molar-refractivity contribution >= 4 is 28.3 Å². The van der Waals surface area contributed by atoms with Crippen molar-refractivity contribution in [3.63, 3.8) is 0 Å². The topological polar surface area (TPSA) is 58.1 Å². The summed E-state index contributed by atoms with van der Waals surface area (Å²) in [5.74, 6) is -0.143. The van der Waals surface area contributed by atoms with E-state index in [0.29, 0.717) is 5.69 Å². The van der Waals surface area contributed by atoms with Crippen LogP contribution in [-0.2, 0) is 6.54 Å². The third-order valence-corrected chi connectivity index (χ3v) is 5.01. The Hall–Kier alpha value is -2.31. The minimum atomic E-state index is -0.143. The smallest absolute Gasteiger partial charge is 0.271 e. The minimum Gasteiger partial charge on any atom is -0.347 e. The summed E-state index contributed by atoms with van der Waals surface area (Å²) in [5.41, 5.74) is 3.27. The van der Waals surface area contributed by atoms with Crippen molar-refractivity contribution in [1.29, 1.82) is 0 Å². The average molecular weight is 338 g/mol. The summed E-state index contributed by atoms with van der Waals surface area (Å²) in [6.07, 6.45) is 2.52. The van der Waals surface area contributed by atoms with Crippen molar-refractivity contribution in [3.8, 4) is 0 Å². The number of para-hydroxylation sites is 2. The summed E-state index contributed by atoms with van der Waals surface area (Å²) >= 11 is 1.72. The van der Waals surface area contributed by atoms with Crippen molar-refractivity contribution in [2.75, 3.05) is 13.1 Å². The van der Waals surface area contributed by atoms with Gasteiger partial charge in [-0.1, -0.05) is 12.1 Å². The van der Waals surface area contributed by atoms with Crippen LogP contribution in [0.2, 0.25) is 0 Å². The normalized spacial score (nSPS) is 18.1. The quantitative estimate of drug-likeness (QED) is 0.795. The standard InChI is InChI=1S/C18H18N4OS/c23-18(17-9-19-15-3-1-2-4-16(15)21-17)20-14-5-7-22(11-14)10-13-6-8-24-12-13/h1-4,6,8-9,12,14H,5,7,10-11H2,(H,20,23). The van der Waals surface area contributed by atoms with Crippen LogP contribution in [0.3, 0.4) is 0 Å². The number of benzene rings is 1. The molecule has 1 aromatic carbocycles. The van der Waals surface area contributed by atoms with E-state index in [0.717, 1.165) is 37.1 Å². The maximum atomic E-state index is 12.4. The number of likely N-dealkylation sites (tertiary alicyclic amines) is 1. The molecule has 1 aliphatic heterocycles. The van der Waals surface area contributed by atoms with E-state index in [1.807, 2.05) is 24.3 Å². The molecule has 1 atom stereocenters. The Morgan fingerprint density at radius 2 is 2.17 bits per heavy atom. The van der Waals surface area contributed by atoms with Gasteiger partial charge in [0.15, 0.2) is 0 Å². The van der Waals surface area contributed by atoms with Gasteiger partial charge in [0.2, 0.25) is 0 Å². The molecule has 1 unspecified atom stereocenters. The summed E-state index contributed by atoms with van der Waals surface area (Å²) in [7, 11) is 0. The van der Waals surface area contributed by atoms with Crippen molar-refractivity contribution in [2.24, 2.45) is 0 Å². The predicted octanol–water partition coefficient (Wildman–Crippen LogP) is 2.70. The van der Waals surface area contributed by atoms with Crippen LogP contribution in [0.25, 0.3) is 11.0 Å². The number of thiophene rings is 1. The number of fused-ring (bicyclic) bond motifs is 1. The Kier molecular flexibility index (Phi) is 4.23. The zero-order valence-corrected chi connectivity index (χ0v) is 14.0. The average Bonchev–Trinajstić information content (AvgIpc) is 3.27. The zero-order valence-electron chi connectivity index (χ0n) is 13.2. The number of carbonyl (C=O) groups excluding carboxylic acids is 1. The molecule has 1 saturated heterocycles. The van der Waals surface area contributed by atoms with Crippen molar-refractivity contribution in [2.45, 2.75) is 19.0 Å². The molecule has 1 fully saturated rings. The van der Waals surface area contributed by atoms with Gasteiger partial charge >= 0.3 is 0 Å². The second kappa shape index (κ2) is 6.67. The van der Waals surface area contributed by atoms with E-state index in [9.17, 15) is 4.79 Å². The third-order valence-electron chi connectivity index (χ3n) is 4.28. The van der Waals surface area contributed by atoms with Crippen LogP contribution in [-0.4, -0.2) is 39.9 Å². The Labute approximate surface area is 144 Å². The summed E-state index contributed by atoms with van der Waals surface area (Å²) in [6.45, 7) is 2.83. The van der Waals surface area contributed by atoms with E-state index >= 15 is 0 Å². The summed E-state index contributed by atoms with van der Waals surface area (Å²) in [5, 5.41) is 7.37. The van der Waals surface area contributed by atoms with Crippen LogP contribution >= 0.6 is 11.3 Å². The highest BCUT2D eigenvalue weighted by atomic mass is 32.1. The Morgan fingerprint density at radius 1 is 1.29 bits per heavy atom. The van der Waals surface area contributed by atoms with Gasteiger partial charge in [0.1, 0.15) is 5.69 Å². The first kappa shape index (κ1) is 15.2. The monoisotopic (exact) mass is 338 g/mol. The molecule has 0 aliphatic carbocycles. The van der Waals surface area contributed by atoms with Gasteiger partial charge in [0.25, 0.3) is 5.91 Å². The molecular formula is C18H18N4OS. The van der Waals surface area contributed by atoms with Crippen LogP contribution < -0.4 is 5.32 Å². The second-order valence-electron chi connectivity index (χ2n) is 6.07. The molecule has 2 aromatic heterocycles. The highest BCUT2D eigenvalue weighted by Gasteiger charge is 2.24. The lowest BCUT2D eigenvalue weighted by molar-refractivity contribution is 0.0932. The minimum absolute atomic E-state index is 0.143. The Balaban J connectivity index is 1.38. The Morgan fingerprint density at radius 3 is 3.00 bits per heavy atom. The van der Waals surface area contributed by atoms with Gasteiger partial charge < -0.3 is 5.32 Å². The fourth-order valence-electron chi connectivity index (χ4n) is 3.06. The summed E-state index contributed by atoms with van der Waals surface area (Å²) < 4.78 is 0. The van der Waals surface area contributed by atoms with Gasteiger partial charge in [0.05, 0.1) is 17.2 Å². The molecule has 1 N–H and O–H groups in total. The van der Waals surface area contributed by atoms with Crippen molar-refractivity contribution in [3.05, 3.63) is 58.5 Å². The molecule has 122 valence electrons. The molecule has 0 radical (unpaired) electrons. The second-order valence-corrected chi connectivity index (χ2v) is 6.85. The molecule has 4 rings (SSSR count). The van der Waals surface area contributed by atoms with Gasteiger partial charge in [-0.25, -0.2) is 4.98 Å². The van der Waals surface area contributed by atoms with Crippen LogP contribution in [0.15, 0.2) is 47.3 Å². The van der Waals surface area contributed by atoms with E-state index in [1.165, 1.54) is 5.56 Å². The van der Waals surface area contributed by atoms with Gasteiger partial charge in [-0.15, -0.1) is 0 Å². The van der Waals surface area contributed by atoms with Crippen molar-refractivity contribution in [1.82, 2.24) is 20.2 Å². The lowest BCUT2D eigenvalue weighted by atomic mass is 10.2. The van der Waals surface area contributed by atoms with E-state index in [-0.39, 0.29) is 11.9 Å². The van der Waals surface area contributed by atoms with E-state index in [1.54, 1.807) is 17.5 Å². The lowest BCUT2D eigenvalue weighted by Gasteiger charge is -2.16. The largest absolute Gasteiger partial charge is 0.347 e. The first-order valence-electron chi connectivity index (χ1n) is 8.04. The summed E-state index contributed by atoms with van der Waals surface area (Å²) in [6, 6.07) is 9.90. The molecule has 1 amide bonds. The number of hydrogen-bond acceptors (Lipinski definition) is 5. The third kappa shape index (κ3) is 3.29. The first-order chi connectivity index (χ1) is 11.8. The first-order valence-corrected chi connectivity index (χ1v) is 8.98. The number of aromatic nitrogens is 2. The molecule has 0 saturated carbocycles. The molecule has 24 heavy (non-hydrogen) atoms. The van der Waals surface area contributed by atoms with Crippen LogP contribution in [0.5, 0.6) is 0 Å². The molecule has 3 aromatic rings. The molecule has 6 heteroatoms. The van der Waals surface area contributed by atoms with E-state index < -0.39 is 0 Å². The lowest BCUT2D eigenvalue weighted by Crippen LogP contribution is -2.37. The number of carbonyl (C=O) groups is 1. The van der Waals surface area contributed by atoms with Crippen LogP contribution in [0, 0.1) is 0 Å². The number of hydrogen-bond donors (Lipinski definition) is 1. The van der Waals surface area contributed by atoms with Crippen LogP contribution in [0.4, 0.5) is 0 Å². The van der Waals surface area contributed by atoms with Crippen molar-refractivity contribution < 1.29 is 4.79 Å². The SMILES string of the molecule is O=C(NC1CCN(Cc2ccsc2)C1)c1cnc2ccccc2n1. The maximum absolute atomic E-state index is 12.4. The highest BCUT2D eigenvalue weighted by Crippen LogP contribution is 2.16. The number of rotatable bonds is 4. The van der Waals surface area contributed by atoms with Crippen LogP contribution in [0.1, 0.15) is 22.5 Å². The fourth-order valence-corrected chi connectivity index (χ4v) is 3.72. The molecular weight excluding hydrogens is 320 g/mol. The number of amides is 1. The zero-order chi connectivity index (χ0) is 16.4. The van der Waals surface area contributed by atoms with Gasteiger partial charge in [0, 0.05) is 25.7 Å². The van der Waals surface area contributed by atoms with Gasteiger partial charge in [-0.2, -0.15) is 11.3 Å². The highest BCUT2D eigenvalue weighted by molar-refractivity contribution is 7.07. The predicted molar refractivity (Wildman–Crippen MR) is 95.0 cm³/mol. The fraction of sp³-hybridized carbons (Fsp3) is 0.278. The Bertz CT molecular complexity index is 849. The molecule has 3 heterocycles.